The van der Waals surface area contributed by atoms with Gasteiger partial charge in [-0.1, -0.05) is 44.7 Å². The van der Waals surface area contributed by atoms with Crippen LogP contribution in [0.2, 0.25) is 0 Å². The first kappa shape index (κ1) is 15.0. The van der Waals surface area contributed by atoms with Gasteiger partial charge in [0.1, 0.15) is 6.61 Å². The number of ether oxygens (including phenoxy) is 1. The third kappa shape index (κ3) is 5.43. The molecule has 0 fully saturated rings. The van der Waals surface area contributed by atoms with Gasteiger partial charge in [0.15, 0.2) is 11.6 Å². The van der Waals surface area contributed by atoms with Crippen LogP contribution >= 0.6 is 0 Å². The average Bonchev–Trinajstić information content (AvgIpc) is 2.34. The predicted octanol–water partition coefficient (Wildman–Crippen LogP) is 2.37. The van der Waals surface area contributed by atoms with Crippen LogP contribution in [0.15, 0.2) is 24.3 Å². The minimum absolute atomic E-state index is 0.0585. The maximum Gasteiger partial charge on any atom is 0.226 e. The van der Waals surface area contributed by atoms with Gasteiger partial charge >= 0.3 is 0 Å². The van der Waals surface area contributed by atoms with Crippen LogP contribution < -0.4 is 10.1 Å². The standard InChI is InChI=1S/C15H18FNO2/c1-15(2,3)14(18)17-10-6-7-11-19-13-9-5-4-8-12(13)16/h4-5,8-9H,10-11H2,1-3H3,(H,17,18). The molecule has 1 N–H and O–H groups in total. The van der Waals surface area contributed by atoms with E-state index < -0.39 is 11.2 Å². The van der Waals surface area contributed by atoms with Gasteiger partial charge in [0.05, 0.1) is 6.54 Å². The molecule has 0 radical (unpaired) electrons. The topological polar surface area (TPSA) is 38.3 Å². The summed E-state index contributed by atoms with van der Waals surface area (Å²) < 4.78 is 18.3. The Morgan fingerprint density at radius 2 is 2.00 bits per heavy atom. The number of benzene rings is 1. The molecule has 0 bridgehead atoms. The molecule has 102 valence electrons. The SMILES string of the molecule is CC(C)(C)C(=O)NCC#CCOc1ccccc1F. The molecule has 1 rings (SSSR count). The summed E-state index contributed by atoms with van der Waals surface area (Å²) in [7, 11) is 0. The highest BCUT2D eigenvalue weighted by Crippen LogP contribution is 2.14. The van der Waals surface area contributed by atoms with Crippen LogP contribution in [0, 0.1) is 23.1 Å². The number of rotatable bonds is 3. The Balaban J connectivity index is 2.30. The van der Waals surface area contributed by atoms with Crippen molar-refractivity contribution in [3.63, 3.8) is 0 Å². The van der Waals surface area contributed by atoms with E-state index in [2.05, 4.69) is 17.2 Å². The Labute approximate surface area is 113 Å². The number of hydrogen-bond donors (Lipinski definition) is 1. The average molecular weight is 263 g/mol. The highest BCUT2D eigenvalue weighted by atomic mass is 19.1. The lowest BCUT2D eigenvalue weighted by Gasteiger charge is -2.15. The largest absolute Gasteiger partial charge is 0.478 e. The maximum absolute atomic E-state index is 13.2. The van der Waals surface area contributed by atoms with E-state index in [1.165, 1.54) is 6.07 Å². The molecule has 0 atom stereocenters. The number of para-hydroxylation sites is 1. The summed E-state index contributed by atoms with van der Waals surface area (Å²) in [4.78, 5) is 11.5. The van der Waals surface area contributed by atoms with Gasteiger partial charge in [0.25, 0.3) is 0 Å². The number of carbonyl (C=O) groups is 1. The smallest absolute Gasteiger partial charge is 0.226 e. The molecule has 4 heteroatoms. The molecule has 1 amide bonds. The number of amides is 1. The second-order valence-corrected chi connectivity index (χ2v) is 5.01. The van der Waals surface area contributed by atoms with Crippen molar-refractivity contribution >= 4 is 5.91 Å². The zero-order valence-corrected chi connectivity index (χ0v) is 11.4. The van der Waals surface area contributed by atoms with Crippen molar-refractivity contribution in [2.75, 3.05) is 13.2 Å². The van der Waals surface area contributed by atoms with E-state index in [9.17, 15) is 9.18 Å². The van der Waals surface area contributed by atoms with Gasteiger partial charge in [0, 0.05) is 5.41 Å². The summed E-state index contributed by atoms with van der Waals surface area (Å²) in [5.74, 6) is 5.17. The number of hydrogen-bond acceptors (Lipinski definition) is 2. The van der Waals surface area contributed by atoms with Gasteiger partial charge in [-0.05, 0) is 12.1 Å². The lowest BCUT2D eigenvalue weighted by molar-refractivity contribution is -0.128. The van der Waals surface area contributed by atoms with E-state index in [0.717, 1.165) is 0 Å². The van der Waals surface area contributed by atoms with Gasteiger partial charge in [-0.2, -0.15) is 0 Å². The van der Waals surface area contributed by atoms with Gasteiger partial charge in [-0.25, -0.2) is 4.39 Å². The molecule has 1 aromatic carbocycles. The summed E-state index contributed by atoms with van der Waals surface area (Å²) >= 11 is 0. The quantitative estimate of drug-likeness (QED) is 0.850. The molecule has 0 heterocycles. The molecule has 1 aromatic rings. The molecule has 0 unspecified atom stereocenters. The van der Waals surface area contributed by atoms with Gasteiger partial charge < -0.3 is 10.1 Å². The summed E-state index contributed by atoms with van der Waals surface area (Å²) in [5.41, 5.74) is -0.425. The van der Waals surface area contributed by atoms with Crippen molar-refractivity contribution < 1.29 is 13.9 Å². The third-order valence-corrected chi connectivity index (χ3v) is 2.28. The van der Waals surface area contributed by atoms with Crippen LogP contribution in [0.25, 0.3) is 0 Å². The van der Waals surface area contributed by atoms with Gasteiger partial charge in [-0.15, -0.1) is 0 Å². The molecule has 0 aromatic heterocycles. The molecular weight excluding hydrogens is 245 g/mol. The van der Waals surface area contributed by atoms with E-state index in [4.69, 9.17) is 4.74 Å². The fourth-order valence-electron chi connectivity index (χ4n) is 1.18. The van der Waals surface area contributed by atoms with Crippen LogP contribution in [0.3, 0.4) is 0 Å². The summed E-state index contributed by atoms with van der Waals surface area (Å²) in [6.45, 7) is 5.84. The highest BCUT2D eigenvalue weighted by Gasteiger charge is 2.19. The molecule has 0 saturated heterocycles. The van der Waals surface area contributed by atoms with Crippen molar-refractivity contribution in [3.8, 4) is 17.6 Å². The minimum atomic E-state index is -0.425. The van der Waals surface area contributed by atoms with Crippen LogP contribution in [0.4, 0.5) is 4.39 Å². The summed E-state index contributed by atoms with van der Waals surface area (Å²) in [5, 5.41) is 2.69. The summed E-state index contributed by atoms with van der Waals surface area (Å²) in [6.07, 6.45) is 0. The van der Waals surface area contributed by atoms with Crippen molar-refractivity contribution in [2.45, 2.75) is 20.8 Å². The number of halogens is 1. The van der Waals surface area contributed by atoms with E-state index in [1.54, 1.807) is 18.2 Å². The first-order chi connectivity index (χ1) is 8.91. The minimum Gasteiger partial charge on any atom is -0.478 e. The first-order valence-corrected chi connectivity index (χ1v) is 6.02. The van der Waals surface area contributed by atoms with E-state index >= 15 is 0 Å². The molecule has 0 spiro atoms. The van der Waals surface area contributed by atoms with Crippen LogP contribution in [0.5, 0.6) is 5.75 Å². The molecular formula is C15H18FNO2. The fourth-order valence-corrected chi connectivity index (χ4v) is 1.18. The van der Waals surface area contributed by atoms with Gasteiger partial charge in [0.2, 0.25) is 5.91 Å². The maximum atomic E-state index is 13.2. The van der Waals surface area contributed by atoms with Crippen molar-refractivity contribution in [3.05, 3.63) is 30.1 Å². The zero-order chi connectivity index (χ0) is 14.3. The second kappa shape index (κ2) is 6.79. The molecule has 19 heavy (non-hydrogen) atoms. The van der Waals surface area contributed by atoms with E-state index in [-0.39, 0.29) is 24.8 Å². The van der Waals surface area contributed by atoms with Crippen molar-refractivity contribution in [2.24, 2.45) is 5.41 Å². The van der Waals surface area contributed by atoms with E-state index in [0.29, 0.717) is 0 Å². The third-order valence-electron chi connectivity index (χ3n) is 2.28. The Morgan fingerprint density at radius 1 is 1.32 bits per heavy atom. The number of nitrogens with one attached hydrogen (secondary N) is 1. The lowest BCUT2D eigenvalue weighted by atomic mass is 9.96. The Kier molecular flexibility index (Phi) is 5.37. The fraction of sp³-hybridized carbons (Fsp3) is 0.400. The highest BCUT2D eigenvalue weighted by molar-refractivity contribution is 5.81. The molecule has 0 aliphatic carbocycles. The van der Waals surface area contributed by atoms with Crippen molar-refractivity contribution in [1.29, 1.82) is 0 Å². The predicted molar refractivity (Wildman–Crippen MR) is 72.1 cm³/mol. The second-order valence-electron chi connectivity index (χ2n) is 5.01. The van der Waals surface area contributed by atoms with Crippen LogP contribution in [-0.4, -0.2) is 19.1 Å². The molecule has 0 aliphatic heterocycles. The summed E-state index contributed by atoms with van der Waals surface area (Å²) in [6, 6.07) is 6.15. The zero-order valence-electron chi connectivity index (χ0n) is 11.4. The molecule has 0 saturated carbocycles. The Bertz CT molecular complexity index is 495. The monoisotopic (exact) mass is 263 g/mol. The molecule has 0 aliphatic rings. The molecule has 3 nitrogen and oxygen atoms in total. The number of carbonyl (C=O) groups excluding carboxylic acids is 1. The Morgan fingerprint density at radius 3 is 2.63 bits per heavy atom. The van der Waals surface area contributed by atoms with Crippen molar-refractivity contribution in [1.82, 2.24) is 5.32 Å². The lowest BCUT2D eigenvalue weighted by Crippen LogP contribution is -2.34. The van der Waals surface area contributed by atoms with E-state index in [1.807, 2.05) is 20.8 Å². The van der Waals surface area contributed by atoms with Crippen LogP contribution in [0.1, 0.15) is 20.8 Å². The van der Waals surface area contributed by atoms with Crippen LogP contribution in [-0.2, 0) is 4.79 Å². The normalized spacial score (nSPS) is 10.3. The van der Waals surface area contributed by atoms with Gasteiger partial charge in [-0.3, -0.25) is 4.79 Å². The Hall–Kier alpha value is -2.02. The first-order valence-electron chi connectivity index (χ1n) is 6.02.